The van der Waals surface area contributed by atoms with Crippen LogP contribution in [0, 0.1) is 0 Å². The third kappa shape index (κ3) is 48.5. The molecule has 6 N–H and O–H groups in total. The van der Waals surface area contributed by atoms with E-state index in [9.17, 15) is 30.3 Å². The lowest BCUT2D eigenvalue weighted by molar-refractivity contribution is -0.302. The van der Waals surface area contributed by atoms with Crippen molar-refractivity contribution in [1.29, 1.82) is 0 Å². The molecule has 0 aliphatic carbocycles. The van der Waals surface area contributed by atoms with E-state index in [1.807, 2.05) is 6.08 Å². The Morgan fingerprint density at radius 3 is 1.12 bits per heavy atom. The number of amides is 1. The third-order valence-electron chi connectivity index (χ3n) is 16.6. The minimum atomic E-state index is -1.57. The highest BCUT2D eigenvalue weighted by Crippen LogP contribution is 2.23. The number of allylic oxidation sites excluding steroid dienone is 7. The van der Waals surface area contributed by atoms with E-state index in [2.05, 4.69) is 55.6 Å². The lowest BCUT2D eigenvalue weighted by Crippen LogP contribution is -2.60. The normalized spacial score (nSPS) is 18.7. The van der Waals surface area contributed by atoms with E-state index in [4.69, 9.17) is 9.47 Å². The van der Waals surface area contributed by atoms with Crippen LogP contribution >= 0.6 is 0 Å². The van der Waals surface area contributed by atoms with Gasteiger partial charge in [0.15, 0.2) is 6.29 Å². The van der Waals surface area contributed by atoms with E-state index in [0.717, 1.165) is 44.9 Å². The Labute approximate surface area is 494 Å². The molecular weight excluding hydrogens is 995 g/mol. The lowest BCUT2D eigenvalue weighted by Gasteiger charge is -2.40. The van der Waals surface area contributed by atoms with Gasteiger partial charge in [0.2, 0.25) is 5.91 Å². The van der Waals surface area contributed by atoms with Crippen LogP contribution in [-0.2, 0) is 14.3 Å². The molecule has 0 saturated carbocycles. The van der Waals surface area contributed by atoms with Crippen molar-refractivity contribution < 1.29 is 39.8 Å². The number of unbranched alkanes of at least 4 members (excludes halogenated alkanes) is 45. The standard InChI is InChI=1S/C71H133NO8/c1-3-5-7-9-11-13-15-17-19-21-23-24-25-26-27-28-29-30-31-32-33-34-35-36-37-38-39-40-41-42-43-45-47-49-51-53-55-57-59-61-67(75)72-64(63-79-71-70(78)69(77)68(76)66(62-73)80-71)65(74)60-58-56-54-52-50-48-46-44-22-20-18-16-14-12-10-8-6-4-2/h15,17,21,23,50,52,58,60,64-66,68-71,73-74,76-78H,3-14,16,18-20,22,24-49,51,53-57,59,61-63H2,1-2H3,(H,72,75)/b17-15-,23-21-,52-50+,60-58+. The van der Waals surface area contributed by atoms with Gasteiger partial charge in [-0.1, -0.05) is 319 Å². The topological polar surface area (TPSA) is 149 Å². The highest BCUT2D eigenvalue weighted by atomic mass is 16.7. The number of aliphatic hydroxyl groups is 5. The molecule has 80 heavy (non-hydrogen) atoms. The maximum atomic E-state index is 13.1. The Balaban J connectivity index is 2.06. The Morgan fingerprint density at radius 1 is 0.425 bits per heavy atom. The number of aliphatic hydroxyl groups excluding tert-OH is 5. The predicted octanol–water partition coefficient (Wildman–Crippen LogP) is 18.8. The molecule has 1 aliphatic heterocycles. The van der Waals surface area contributed by atoms with Gasteiger partial charge < -0.3 is 40.3 Å². The van der Waals surface area contributed by atoms with Crippen LogP contribution < -0.4 is 5.32 Å². The molecule has 7 atom stereocenters. The van der Waals surface area contributed by atoms with E-state index >= 15 is 0 Å². The van der Waals surface area contributed by atoms with E-state index in [0.29, 0.717) is 6.42 Å². The van der Waals surface area contributed by atoms with E-state index in [-0.39, 0.29) is 12.5 Å². The van der Waals surface area contributed by atoms with Crippen molar-refractivity contribution in [3.05, 3.63) is 48.6 Å². The second kappa shape index (κ2) is 60.3. The molecule has 9 nitrogen and oxygen atoms in total. The van der Waals surface area contributed by atoms with Crippen molar-refractivity contribution >= 4 is 5.91 Å². The highest BCUT2D eigenvalue weighted by molar-refractivity contribution is 5.76. The first-order valence-corrected chi connectivity index (χ1v) is 34.9. The first kappa shape index (κ1) is 76.2. The van der Waals surface area contributed by atoms with Crippen molar-refractivity contribution in [3.8, 4) is 0 Å². The number of nitrogens with one attached hydrogen (secondary N) is 1. The van der Waals surface area contributed by atoms with Crippen molar-refractivity contribution in [1.82, 2.24) is 5.32 Å². The van der Waals surface area contributed by atoms with Gasteiger partial charge in [0.05, 0.1) is 25.4 Å². The summed E-state index contributed by atoms with van der Waals surface area (Å²) in [5.41, 5.74) is 0. The van der Waals surface area contributed by atoms with Crippen molar-refractivity contribution in [2.24, 2.45) is 0 Å². The summed E-state index contributed by atoms with van der Waals surface area (Å²) in [5.74, 6) is -0.180. The number of carbonyl (C=O) groups is 1. The summed E-state index contributed by atoms with van der Waals surface area (Å²) in [6, 6.07) is -0.821. The summed E-state index contributed by atoms with van der Waals surface area (Å²) in [4.78, 5) is 13.1. The first-order chi connectivity index (χ1) is 39.3. The number of hydrogen-bond donors (Lipinski definition) is 6. The zero-order valence-electron chi connectivity index (χ0n) is 52.6. The van der Waals surface area contributed by atoms with Crippen LogP contribution in [0.5, 0.6) is 0 Å². The number of rotatable bonds is 61. The van der Waals surface area contributed by atoms with Gasteiger partial charge in [0.1, 0.15) is 24.4 Å². The number of hydrogen-bond acceptors (Lipinski definition) is 8. The molecule has 9 heteroatoms. The molecule has 1 amide bonds. The summed E-state index contributed by atoms with van der Waals surface area (Å²) in [6.07, 6.45) is 75.2. The van der Waals surface area contributed by atoms with Crippen LogP contribution in [0.2, 0.25) is 0 Å². The molecule has 7 unspecified atom stereocenters. The first-order valence-electron chi connectivity index (χ1n) is 34.9. The van der Waals surface area contributed by atoms with E-state index < -0.39 is 49.5 Å². The molecule has 0 aromatic heterocycles. The fraction of sp³-hybridized carbons (Fsp3) is 0.873. The lowest BCUT2D eigenvalue weighted by atomic mass is 9.99. The van der Waals surface area contributed by atoms with Gasteiger partial charge in [0.25, 0.3) is 0 Å². The van der Waals surface area contributed by atoms with E-state index in [1.54, 1.807) is 6.08 Å². The summed E-state index contributed by atoms with van der Waals surface area (Å²) in [7, 11) is 0. The molecule has 470 valence electrons. The van der Waals surface area contributed by atoms with Gasteiger partial charge in [-0.15, -0.1) is 0 Å². The maximum Gasteiger partial charge on any atom is 0.220 e. The van der Waals surface area contributed by atoms with Crippen LogP contribution in [-0.4, -0.2) is 87.5 Å². The summed E-state index contributed by atoms with van der Waals surface area (Å²) in [6.45, 7) is 3.79. The minimum absolute atomic E-state index is 0.180. The van der Waals surface area contributed by atoms with E-state index in [1.165, 1.54) is 276 Å². The van der Waals surface area contributed by atoms with Gasteiger partial charge in [-0.25, -0.2) is 0 Å². The summed E-state index contributed by atoms with van der Waals surface area (Å²) < 4.78 is 11.3. The SMILES string of the molecule is CCCCCCC/C=C\C/C=C\CCCCCCCCCCCCCCCCCCCCCCCCCCCCCC(=O)NC(COC1OC(CO)C(O)C(O)C1O)C(O)/C=C/CC/C=C/CCCCCCCCCCCCCC. The predicted molar refractivity (Wildman–Crippen MR) is 341 cm³/mol. The van der Waals surface area contributed by atoms with Crippen LogP contribution in [0.25, 0.3) is 0 Å². The zero-order chi connectivity index (χ0) is 57.9. The monoisotopic (exact) mass is 1130 g/mol. The zero-order valence-corrected chi connectivity index (χ0v) is 52.6. The van der Waals surface area contributed by atoms with Gasteiger partial charge in [0, 0.05) is 6.42 Å². The molecule has 0 spiro atoms. The average molecular weight is 1130 g/mol. The largest absolute Gasteiger partial charge is 0.394 e. The molecule has 0 bridgehead atoms. The molecule has 1 aliphatic rings. The molecule has 1 rings (SSSR count). The van der Waals surface area contributed by atoms with Crippen LogP contribution in [0.15, 0.2) is 48.6 Å². The molecule has 0 radical (unpaired) electrons. The fourth-order valence-electron chi connectivity index (χ4n) is 11.1. The number of carbonyl (C=O) groups excluding carboxylic acids is 1. The summed E-state index contributed by atoms with van der Waals surface area (Å²) in [5, 5.41) is 54.6. The van der Waals surface area contributed by atoms with Gasteiger partial charge in [-0.05, 0) is 64.2 Å². The Hall–Kier alpha value is -1.85. The van der Waals surface area contributed by atoms with Crippen LogP contribution in [0.3, 0.4) is 0 Å². The Morgan fingerprint density at radius 2 is 0.750 bits per heavy atom. The Kier molecular flexibility index (Phi) is 57.4. The molecule has 0 aromatic carbocycles. The quantitative estimate of drug-likeness (QED) is 0.0261. The van der Waals surface area contributed by atoms with Crippen LogP contribution in [0.4, 0.5) is 0 Å². The Bertz CT molecular complexity index is 1400. The van der Waals surface area contributed by atoms with Crippen molar-refractivity contribution in [3.63, 3.8) is 0 Å². The second-order valence-corrected chi connectivity index (χ2v) is 24.3. The smallest absolute Gasteiger partial charge is 0.220 e. The molecule has 1 saturated heterocycles. The molecule has 1 heterocycles. The average Bonchev–Trinajstić information content (AvgIpc) is 3.46. The van der Waals surface area contributed by atoms with Gasteiger partial charge >= 0.3 is 0 Å². The number of ether oxygens (including phenoxy) is 2. The molecule has 1 fully saturated rings. The van der Waals surface area contributed by atoms with Gasteiger partial charge in [-0.3, -0.25) is 4.79 Å². The van der Waals surface area contributed by atoms with Crippen molar-refractivity contribution in [2.75, 3.05) is 13.2 Å². The third-order valence-corrected chi connectivity index (χ3v) is 16.6. The highest BCUT2D eigenvalue weighted by Gasteiger charge is 2.44. The van der Waals surface area contributed by atoms with Crippen molar-refractivity contribution in [2.45, 2.75) is 384 Å². The fourth-order valence-corrected chi connectivity index (χ4v) is 11.1. The van der Waals surface area contributed by atoms with Crippen LogP contribution in [0.1, 0.15) is 341 Å². The second-order valence-electron chi connectivity index (χ2n) is 24.3. The molecular formula is C71H133NO8. The van der Waals surface area contributed by atoms with Gasteiger partial charge in [-0.2, -0.15) is 0 Å². The summed E-state index contributed by atoms with van der Waals surface area (Å²) >= 11 is 0. The minimum Gasteiger partial charge on any atom is -0.394 e. The molecule has 0 aromatic rings. The maximum absolute atomic E-state index is 13.1.